The number of nitro groups is 1. The molecule has 0 aliphatic heterocycles. The second-order valence-corrected chi connectivity index (χ2v) is 5.27. The van der Waals surface area contributed by atoms with E-state index in [2.05, 4.69) is 35.8 Å². The highest BCUT2D eigenvalue weighted by Crippen LogP contribution is 2.09. The number of hydrogen-bond acceptors (Lipinski definition) is 10. The van der Waals surface area contributed by atoms with Gasteiger partial charge >= 0.3 is 17.5 Å². The van der Waals surface area contributed by atoms with Gasteiger partial charge in [-0.15, -0.1) is 0 Å². The lowest BCUT2D eigenvalue weighted by Gasteiger charge is -2.04. The topological polar surface area (TPSA) is 184 Å². The van der Waals surface area contributed by atoms with E-state index in [-0.39, 0.29) is 42.7 Å². The second kappa shape index (κ2) is 8.43. The first kappa shape index (κ1) is 18.6. The normalized spacial score (nSPS) is 10.4. The van der Waals surface area contributed by atoms with E-state index in [4.69, 9.17) is 4.52 Å². The molecule has 0 radical (unpaired) electrons. The highest BCUT2D eigenvalue weighted by atomic mass is 16.6. The Morgan fingerprint density at radius 1 is 1.18 bits per heavy atom. The molecule has 0 saturated heterocycles. The molecule has 0 aliphatic carbocycles. The standard InChI is InChI=1S/C14H13N9O5/c24-12(10-6-15-1-2-16-10)17-3-4-18-13(25)14-20-11(21-28-14)8-22-7-9(5-19-22)23(26)27/h1-2,5-7H,3-4,8H2,(H,17,24)(H,18,25). The van der Waals surface area contributed by atoms with Gasteiger partial charge in [-0.2, -0.15) is 10.1 Å². The summed E-state index contributed by atoms with van der Waals surface area (Å²) in [6.07, 6.45) is 6.45. The van der Waals surface area contributed by atoms with Gasteiger partial charge in [-0.05, 0) is 0 Å². The summed E-state index contributed by atoms with van der Waals surface area (Å²) >= 11 is 0. The molecule has 3 aromatic heterocycles. The first-order valence-corrected chi connectivity index (χ1v) is 7.85. The molecule has 0 spiro atoms. The van der Waals surface area contributed by atoms with Crippen LogP contribution in [0.3, 0.4) is 0 Å². The molecule has 144 valence electrons. The van der Waals surface area contributed by atoms with Gasteiger partial charge in [0, 0.05) is 25.5 Å². The monoisotopic (exact) mass is 387 g/mol. The molecule has 2 N–H and O–H groups in total. The van der Waals surface area contributed by atoms with Crippen LogP contribution >= 0.6 is 0 Å². The molecule has 0 aromatic carbocycles. The molecule has 0 atom stereocenters. The zero-order valence-corrected chi connectivity index (χ0v) is 14.2. The Bertz CT molecular complexity index is 984. The van der Waals surface area contributed by atoms with Crippen molar-refractivity contribution in [3.8, 4) is 0 Å². The average molecular weight is 387 g/mol. The summed E-state index contributed by atoms with van der Waals surface area (Å²) in [7, 11) is 0. The molecular formula is C14H13N9O5. The number of carbonyl (C=O) groups excluding carboxylic acids is 2. The van der Waals surface area contributed by atoms with Crippen LogP contribution in [0.15, 0.2) is 35.5 Å². The molecule has 3 aromatic rings. The van der Waals surface area contributed by atoms with Gasteiger partial charge in [0.15, 0.2) is 5.82 Å². The molecule has 14 nitrogen and oxygen atoms in total. The highest BCUT2D eigenvalue weighted by Gasteiger charge is 2.16. The third kappa shape index (κ3) is 4.69. The summed E-state index contributed by atoms with van der Waals surface area (Å²) < 4.78 is 6.09. The molecule has 28 heavy (non-hydrogen) atoms. The number of hydrogen-bond donors (Lipinski definition) is 2. The SMILES string of the molecule is O=C(NCCNC(=O)c1nc(Cn2cc([N+](=O)[O-])cn2)no1)c1cnccn1. The average Bonchev–Trinajstić information content (AvgIpc) is 3.36. The molecular weight excluding hydrogens is 374 g/mol. The third-order valence-corrected chi connectivity index (χ3v) is 3.29. The maximum absolute atomic E-state index is 12.0. The quantitative estimate of drug-likeness (QED) is 0.281. The number of aromatic nitrogens is 6. The smallest absolute Gasteiger partial charge is 0.316 e. The van der Waals surface area contributed by atoms with Crippen molar-refractivity contribution in [2.24, 2.45) is 0 Å². The zero-order valence-electron chi connectivity index (χ0n) is 14.2. The van der Waals surface area contributed by atoms with E-state index in [1.54, 1.807) is 0 Å². The van der Waals surface area contributed by atoms with Crippen LogP contribution in [0.2, 0.25) is 0 Å². The van der Waals surface area contributed by atoms with Gasteiger partial charge in [-0.25, -0.2) is 4.98 Å². The van der Waals surface area contributed by atoms with Gasteiger partial charge in [-0.1, -0.05) is 5.16 Å². The van der Waals surface area contributed by atoms with Crippen LogP contribution in [-0.4, -0.2) is 59.7 Å². The number of nitrogens with zero attached hydrogens (tertiary/aromatic N) is 7. The number of amides is 2. The molecule has 3 rings (SSSR count). The first-order valence-electron chi connectivity index (χ1n) is 7.85. The maximum Gasteiger partial charge on any atom is 0.316 e. The van der Waals surface area contributed by atoms with E-state index in [9.17, 15) is 19.7 Å². The molecule has 3 heterocycles. The van der Waals surface area contributed by atoms with Gasteiger partial charge in [0.1, 0.15) is 24.6 Å². The Morgan fingerprint density at radius 2 is 1.96 bits per heavy atom. The largest absolute Gasteiger partial charge is 0.349 e. The van der Waals surface area contributed by atoms with Crippen molar-refractivity contribution in [2.45, 2.75) is 6.54 Å². The van der Waals surface area contributed by atoms with Crippen LogP contribution in [0.4, 0.5) is 5.69 Å². The van der Waals surface area contributed by atoms with Crippen molar-refractivity contribution in [3.63, 3.8) is 0 Å². The summed E-state index contributed by atoms with van der Waals surface area (Å²) in [5, 5.41) is 23.1. The predicted octanol–water partition coefficient (Wildman–Crippen LogP) is -0.828. The molecule has 0 unspecified atom stereocenters. The minimum Gasteiger partial charge on any atom is -0.349 e. The van der Waals surface area contributed by atoms with E-state index in [0.717, 1.165) is 6.20 Å². The Balaban J connectivity index is 1.45. The van der Waals surface area contributed by atoms with Gasteiger partial charge in [-0.3, -0.25) is 29.4 Å². The van der Waals surface area contributed by atoms with Crippen LogP contribution in [0, 0.1) is 10.1 Å². The van der Waals surface area contributed by atoms with E-state index in [1.807, 2.05) is 0 Å². The fourth-order valence-electron chi connectivity index (χ4n) is 2.02. The van der Waals surface area contributed by atoms with Crippen molar-refractivity contribution in [1.29, 1.82) is 0 Å². The molecule has 2 amide bonds. The summed E-state index contributed by atoms with van der Waals surface area (Å²) in [4.78, 5) is 45.3. The van der Waals surface area contributed by atoms with Crippen LogP contribution in [-0.2, 0) is 6.54 Å². The fraction of sp³-hybridized carbons (Fsp3) is 0.214. The molecule has 0 aliphatic rings. The first-order chi connectivity index (χ1) is 13.5. The lowest BCUT2D eigenvalue weighted by Crippen LogP contribution is -2.35. The van der Waals surface area contributed by atoms with Gasteiger partial charge in [0.05, 0.1) is 11.1 Å². The fourth-order valence-corrected chi connectivity index (χ4v) is 2.02. The van der Waals surface area contributed by atoms with Crippen molar-refractivity contribution in [2.75, 3.05) is 13.1 Å². The van der Waals surface area contributed by atoms with E-state index in [0.29, 0.717) is 0 Å². The Hall–Kier alpha value is -4.23. The summed E-state index contributed by atoms with van der Waals surface area (Å²) in [6, 6.07) is 0. The van der Waals surface area contributed by atoms with Gasteiger partial charge in [0.2, 0.25) is 0 Å². The predicted molar refractivity (Wildman–Crippen MR) is 89.0 cm³/mol. The lowest BCUT2D eigenvalue weighted by molar-refractivity contribution is -0.385. The van der Waals surface area contributed by atoms with Crippen LogP contribution in [0.25, 0.3) is 0 Å². The minimum atomic E-state index is -0.626. The van der Waals surface area contributed by atoms with Crippen LogP contribution < -0.4 is 10.6 Å². The highest BCUT2D eigenvalue weighted by molar-refractivity contribution is 5.92. The number of nitrogens with one attached hydrogen (secondary N) is 2. The lowest BCUT2D eigenvalue weighted by atomic mass is 10.4. The molecule has 0 saturated carbocycles. The van der Waals surface area contributed by atoms with E-state index >= 15 is 0 Å². The Labute approximate surface area is 156 Å². The Morgan fingerprint density at radius 3 is 2.64 bits per heavy atom. The molecule has 14 heteroatoms. The zero-order chi connectivity index (χ0) is 19.9. The Kier molecular flexibility index (Phi) is 5.59. The number of rotatable bonds is 8. The second-order valence-electron chi connectivity index (χ2n) is 5.27. The van der Waals surface area contributed by atoms with Gasteiger partial charge in [0.25, 0.3) is 5.91 Å². The molecule has 0 bridgehead atoms. The summed E-state index contributed by atoms with van der Waals surface area (Å²) in [6.45, 7) is 0.270. The van der Waals surface area contributed by atoms with Gasteiger partial charge < -0.3 is 15.2 Å². The summed E-state index contributed by atoms with van der Waals surface area (Å²) in [5.74, 6) is -1.20. The van der Waals surface area contributed by atoms with Crippen LogP contribution in [0.5, 0.6) is 0 Å². The van der Waals surface area contributed by atoms with E-state index < -0.39 is 16.7 Å². The molecule has 0 fully saturated rings. The third-order valence-electron chi connectivity index (χ3n) is 3.29. The van der Waals surface area contributed by atoms with E-state index in [1.165, 1.54) is 29.5 Å². The van der Waals surface area contributed by atoms with Crippen molar-refractivity contribution >= 4 is 17.5 Å². The maximum atomic E-state index is 12.0. The summed E-state index contributed by atoms with van der Waals surface area (Å²) in [5.41, 5.74) is -0.0146. The van der Waals surface area contributed by atoms with Crippen molar-refractivity contribution < 1.29 is 19.0 Å². The minimum absolute atomic E-state index is 0.00120. The van der Waals surface area contributed by atoms with Crippen LogP contribution in [0.1, 0.15) is 27.0 Å². The van der Waals surface area contributed by atoms with Crippen molar-refractivity contribution in [1.82, 2.24) is 40.5 Å². The van der Waals surface area contributed by atoms with Crippen molar-refractivity contribution in [3.05, 3.63) is 58.5 Å². The number of carbonyl (C=O) groups is 2.